The van der Waals surface area contributed by atoms with Crippen LogP contribution < -0.4 is 0 Å². The summed E-state index contributed by atoms with van der Waals surface area (Å²) >= 11 is 0. The van der Waals surface area contributed by atoms with Crippen molar-refractivity contribution in [3.8, 4) is 5.69 Å². The first-order chi connectivity index (χ1) is 9.97. The lowest BCUT2D eigenvalue weighted by Crippen LogP contribution is -2.19. The molecule has 1 atom stereocenters. The fraction of sp³-hybridized carbons (Fsp3) is 0.421. The highest BCUT2D eigenvalue weighted by atomic mass is 16.1. The number of ketones is 1. The topological polar surface area (TPSA) is 22.0 Å². The number of fused-ring (bicyclic) bond motifs is 1. The van der Waals surface area contributed by atoms with Crippen LogP contribution in [0, 0.1) is 12.8 Å². The maximum absolute atomic E-state index is 12.2. The average Bonchev–Trinajstić information content (AvgIpc) is 2.75. The van der Waals surface area contributed by atoms with Gasteiger partial charge in [-0.3, -0.25) is 4.79 Å². The number of carbonyl (C=O) groups excluding carboxylic acids is 1. The number of hydrogen-bond acceptors (Lipinski definition) is 1. The Labute approximate surface area is 126 Å². The highest BCUT2D eigenvalue weighted by molar-refractivity contribution is 5.98. The van der Waals surface area contributed by atoms with E-state index in [2.05, 4.69) is 62.6 Å². The van der Waals surface area contributed by atoms with Crippen LogP contribution in [0.15, 0.2) is 30.3 Å². The van der Waals surface area contributed by atoms with Crippen molar-refractivity contribution in [2.45, 2.75) is 46.5 Å². The van der Waals surface area contributed by atoms with Crippen molar-refractivity contribution in [3.05, 3.63) is 52.8 Å². The van der Waals surface area contributed by atoms with Crippen LogP contribution in [-0.2, 0) is 6.42 Å². The predicted octanol–water partition coefficient (Wildman–Crippen LogP) is 4.67. The summed E-state index contributed by atoms with van der Waals surface area (Å²) in [7, 11) is 0. The zero-order valence-electron chi connectivity index (χ0n) is 13.3. The van der Waals surface area contributed by atoms with Crippen LogP contribution in [0.2, 0.25) is 0 Å². The van der Waals surface area contributed by atoms with Crippen LogP contribution >= 0.6 is 0 Å². The molecule has 0 unspecified atom stereocenters. The van der Waals surface area contributed by atoms with E-state index >= 15 is 0 Å². The molecule has 2 aromatic rings. The van der Waals surface area contributed by atoms with Crippen LogP contribution in [-0.4, -0.2) is 10.4 Å². The number of rotatable bonds is 2. The van der Waals surface area contributed by atoms with Gasteiger partial charge in [0.1, 0.15) is 0 Å². The Morgan fingerprint density at radius 3 is 2.43 bits per heavy atom. The lowest BCUT2D eigenvalue weighted by atomic mass is 9.88. The number of aryl methyl sites for hydroxylation is 1. The minimum atomic E-state index is 0.296. The van der Waals surface area contributed by atoms with Gasteiger partial charge in [-0.15, -0.1) is 0 Å². The molecule has 0 radical (unpaired) electrons. The number of nitrogens with zero attached hydrogens (tertiary/aromatic N) is 1. The van der Waals surface area contributed by atoms with E-state index in [-0.39, 0.29) is 0 Å². The fourth-order valence-electron chi connectivity index (χ4n) is 3.33. The minimum absolute atomic E-state index is 0.296. The van der Waals surface area contributed by atoms with Crippen LogP contribution in [0.3, 0.4) is 0 Å². The molecule has 21 heavy (non-hydrogen) atoms. The third kappa shape index (κ3) is 2.44. The summed E-state index contributed by atoms with van der Waals surface area (Å²) in [6, 6.07) is 10.8. The molecule has 3 rings (SSSR count). The SMILES string of the molecule is Cc1cc2c(n1-c1ccc(C(C)C)cc1)C[C@H](C)CC2=O. The molecule has 0 bridgehead atoms. The largest absolute Gasteiger partial charge is 0.317 e. The van der Waals surface area contributed by atoms with Crippen molar-refractivity contribution in [2.24, 2.45) is 5.92 Å². The second kappa shape index (κ2) is 5.18. The summed E-state index contributed by atoms with van der Waals surface area (Å²) in [6.45, 7) is 8.66. The first-order valence-corrected chi connectivity index (χ1v) is 7.82. The molecule has 1 aromatic carbocycles. The van der Waals surface area contributed by atoms with Gasteiger partial charge in [-0.25, -0.2) is 0 Å². The normalized spacial score (nSPS) is 18.1. The molecule has 0 aliphatic heterocycles. The Morgan fingerprint density at radius 2 is 1.81 bits per heavy atom. The van der Waals surface area contributed by atoms with Gasteiger partial charge in [0.2, 0.25) is 0 Å². The number of benzene rings is 1. The number of carbonyl (C=O) groups is 1. The monoisotopic (exact) mass is 281 g/mol. The summed E-state index contributed by atoms with van der Waals surface area (Å²) in [5, 5.41) is 0. The maximum atomic E-state index is 12.2. The zero-order chi connectivity index (χ0) is 15.1. The van der Waals surface area contributed by atoms with Gasteiger partial charge in [0.15, 0.2) is 5.78 Å². The summed E-state index contributed by atoms with van der Waals surface area (Å²) in [5.74, 6) is 1.28. The van der Waals surface area contributed by atoms with Gasteiger partial charge in [0.25, 0.3) is 0 Å². The quantitative estimate of drug-likeness (QED) is 0.783. The molecular formula is C19H23NO. The maximum Gasteiger partial charge on any atom is 0.164 e. The van der Waals surface area contributed by atoms with E-state index < -0.39 is 0 Å². The van der Waals surface area contributed by atoms with E-state index in [1.54, 1.807) is 0 Å². The van der Waals surface area contributed by atoms with E-state index in [9.17, 15) is 4.79 Å². The van der Waals surface area contributed by atoms with Crippen molar-refractivity contribution >= 4 is 5.78 Å². The van der Waals surface area contributed by atoms with Gasteiger partial charge in [0, 0.05) is 29.1 Å². The molecule has 1 aliphatic rings. The second-order valence-electron chi connectivity index (χ2n) is 6.66. The van der Waals surface area contributed by atoms with E-state index in [1.807, 2.05) is 0 Å². The molecule has 0 saturated heterocycles. The lowest BCUT2D eigenvalue weighted by molar-refractivity contribution is 0.0952. The molecule has 2 nitrogen and oxygen atoms in total. The molecule has 0 fully saturated rings. The molecule has 1 heterocycles. The Bertz CT molecular complexity index is 676. The van der Waals surface area contributed by atoms with E-state index in [0.29, 0.717) is 24.0 Å². The van der Waals surface area contributed by atoms with Crippen molar-refractivity contribution in [2.75, 3.05) is 0 Å². The molecule has 1 aliphatic carbocycles. The van der Waals surface area contributed by atoms with Gasteiger partial charge < -0.3 is 4.57 Å². The standard InChI is InChI=1S/C19H23NO/c1-12(2)15-5-7-16(8-6-15)20-14(4)11-17-18(20)9-13(3)10-19(17)21/h5-8,11-13H,9-10H2,1-4H3/t13-/m0/s1. The predicted molar refractivity (Wildman–Crippen MR) is 86.4 cm³/mol. The molecule has 1 aromatic heterocycles. The Morgan fingerprint density at radius 1 is 1.14 bits per heavy atom. The first kappa shape index (κ1) is 14.1. The number of hydrogen-bond donors (Lipinski definition) is 0. The summed E-state index contributed by atoms with van der Waals surface area (Å²) in [4.78, 5) is 12.2. The zero-order valence-corrected chi connectivity index (χ0v) is 13.3. The van der Waals surface area contributed by atoms with Gasteiger partial charge >= 0.3 is 0 Å². The lowest BCUT2D eigenvalue weighted by Gasteiger charge is -2.21. The average molecular weight is 281 g/mol. The van der Waals surface area contributed by atoms with Crippen LogP contribution in [0.5, 0.6) is 0 Å². The Balaban J connectivity index is 2.09. The van der Waals surface area contributed by atoms with Crippen molar-refractivity contribution in [1.29, 1.82) is 0 Å². The number of Topliss-reactive ketones (excluding diaryl/α,β-unsaturated/α-hetero) is 1. The van der Waals surface area contributed by atoms with Gasteiger partial charge in [-0.2, -0.15) is 0 Å². The molecule has 0 amide bonds. The van der Waals surface area contributed by atoms with Crippen molar-refractivity contribution < 1.29 is 4.79 Å². The van der Waals surface area contributed by atoms with E-state index in [4.69, 9.17) is 0 Å². The van der Waals surface area contributed by atoms with Crippen LogP contribution in [0.1, 0.15) is 60.4 Å². The Hall–Kier alpha value is -1.83. The molecule has 110 valence electrons. The van der Waals surface area contributed by atoms with Crippen LogP contribution in [0.4, 0.5) is 0 Å². The van der Waals surface area contributed by atoms with Crippen molar-refractivity contribution in [1.82, 2.24) is 4.57 Å². The minimum Gasteiger partial charge on any atom is -0.317 e. The highest BCUT2D eigenvalue weighted by Gasteiger charge is 2.27. The molecule has 0 spiro atoms. The van der Waals surface area contributed by atoms with Crippen LogP contribution in [0.25, 0.3) is 5.69 Å². The summed E-state index contributed by atoms with van der Waals surface area (Å²) in [5.41, 5.74) is 5.79. The van der Waals surface area contributed by atoms with Gasteiger partial charge in [-0.1, -0.05) is 32.9 Å². The third-order valence-corrected chi connectivity index (χ3v) is 4.48. The van der Waals surface area contributed by atoms with Gasteiger partial charge in [0.05, 0.1) is 0 Å². The Kier molecular flexibility index (Phi) is 3.48. The fourth-order valence-corrected chi connectivity index (χ4v) is 3.33. The molecule has 2 heteroatoms. The van der Waals surface area contributed by atoms with Crippen molar-refractivity contribution in [3.63, 3.8) is 0 Å². The second-order valence-corrected chi connectivity index (χ2v) is 6.66. The summed E-state index contributed by atoms with van der Waals surface area (Å²) < 4.78 is 2.26. The van der Waals surface area contributed by atoms with E-state index in [0.717, 1.165) is 17.7 Å². The highest BCUT2D eigenvalue weighted by Crippen LogP contribution is 2.31. The molecule has 0 N–H and O–H groups in total. The van der Waals surface area contributed by atoms with E-state index in [1.165, 1.54) is 16.9 Å². The molecule has 0 saturated carbocycles. The third-order valence-electron chi connectivity index (χ3n) is 4.48. The molecular weight excluding hydrogens is 258 g/mol. The first-order valence-electron chi connectivity index (χ1n) is 7.82. The summed E-state index contributed by atoms with van der Waals surface area (Å²) in [6.07, 6.45) is 1.67. The smallest absolute Gasteiger partial charge is 0.164 e. The number of aromatic nitrogens is 1. The van der Waals surface area contributed by atoms with Gasteiger partial charge in [-0.05, 0) is 48.9 Å².